The maximum atomic E-state index is 13.7. The molecular formula is C15H19FN4O. The number of hydrogen-bond donors (Lipinski definition) is 2. The molecule has 6 heteroatoms. The van der Waals surface area contributed by atoms with E-state index >= 15 is 0 Å². The SMILES string of the molecule is C[C@H]1CC[C@@H](C(N)=O)CN1Cc1nc2c(F)cccc2[nH]1. The minimum atomic E-state index is -0.322. The predicted molar refractivity (Wildman–Crippen MR) is 77.8 cm³/mol. The lowest BCUT2D eigenvalue weighted by molar-refractivity contribution is -0.124. The van der Waals surface area contributed by atoms with Crippen LogP contribution in [0.25, 0.3) is 11.0 Å². The zero-order chi connectivity index (χ0) is 15.0. The number of aromatic nitrogens is 2. The van der Waals surface area contributed by atoms with E-state index in [2.05, 4.69) is 21.8 Å². The van der Waals surface area contributed by atoms with E-state index < -0.39 is 0 Å². The topological polar surface area (TPSA) is 75.0 Å². The molecule has 3 N–H and O–H groups in total. The van der Waals surface area contributed by atoms with Crippen molar-refractivity contribution < 1.29 is 9.18 Å². The molecule has 5 nitrogen and oxygen atoms in total. The molecule has 1 saturated heterocycles. The lowest BCUT2D eigenvalue weighted by Gasteiger charge is -2.36. The number of fused-ring (bicyclic) bond motifs is 1. The molecule has 112 valence electrons. The number of nitrogens with zero attached hydrogens (tertiary/aromatic N) is 2. The van der Waals surface area contributed by atoms with E-state index in [0.29, 0.717) is 36.0 Å². The lowest BCUT2D eigenvalue weighted by Crippen LogP contribution is -2.45. The molecule has 0 saturated carbocycles. The maximum absolute atomic E-state index is 13.7. The standard InChI is InChI=1S/C15H19FN4O/c1-9-5-6-10(15(17)21)7-20(9)8-13-18-12-4-2-3-11(16)14(12)19-13/h2-4,9-10H,5-8H2,1H3,(H2,17,21)(H,18,19)/t9-,10+/m0/s1. The number of nitrogens with one attached hydrogen (secondary N) is 1. The minimum Gasteiger partial charge on any atom is -0.369 e. The van der Waals surface area contributed by atoms with Crippen molar-refractivity contribution in [2.24, 2.45) is 11.7 Å². The Morgan fingerprint density at radius 2 is 2.33 bits per heavy atom. The zero-order valence-electron chi connectivity index (χ0n) is 12.0. The number of imidazole rings is 1. The van der Waals surface area contributed by atoms with Crippen molar-refractivity contribution in [3.05, 3.63) is 29.8 Å². The van der Waals surface area contributed by atoms with E-state index in [1.807, 2.05) is 0 Å². The number of hydrogen-bond acceptors (Lipinski definition) is 3. The molecule has 0 aliphatic carbocycles. The number of amides is 1. The summed E-state index contributed by atoms with van der Waals surface area (Å²) in [5, 5.41) is 0. The Kier molecular flexibility index (Phi) is 3.63. The van der Waals surface area contributed by atoms with Gasteiger partial charge in [0.15, 0.2) is 5.82 Å². The first kappa shape index (κ1) is 14.0. The highest BCUT2D eigenvalue weighted by Gasteiger charge is 2.29. The molecular weight excluding hydrogens is 271 g/mol. The maximum Gasteiger partial charge on any atom is 0.221 e. The molecule has 0 unspecified atom stereocenters. The van der Waals surface area contributed by atoms with Gasteiger partial charge in [-0.1, -0.05) is 6.07 Å². The summed E-state index contributed by atoms with van der Waals surface area (Å²) >= 11 is 0. The van der Waals surface area contributed by atoms with Crippen LogP contribution >= 0.6 is 0 Å². The van der Waals surface area contributed by atoms with Gasteiger partial charge in [-0.25, -0.2) is 9.37 Å². The third kappa shape index (κ3) is 2.76. The number of carbonyl (C=O) groups is 1. The Hall–Kier alpha value is -1.95. The Labute approximate surface area is 122 Å². The largest absolute Gasteiger partial charge is 0.369 e. The Morgan fingerprint density at radius 3 is 3.05 bits per heavy atom. The molecule has 1 aliphatic heterocycles. The zero-order valence-corrected chi connectivity index (χ0v) is 12.0. The third-order valence-corrected chi connectivity index (χ3v) is 4.28. The van der Waals surface area contributed by atoms with Crippen LogP contribution in [0.1, 0.15) is 25.6 Å². The molecule has 1 amide bonds. The molecule has 2 aromatic rings. The van der Waals surface area contributed by atoms with Gasteiger partial charge in [-0.3, -0.25) is 9.69 Å². The van der Waals surface area contributed by atoms with Crippen LogP contribution < -0.4 is 5.73 Å². The second-order valence-electron chi connectivity index (χ2n) is 5.77. The van der Waals surface area contributed by atoms with Gasteiger partial charge < -0.3 is 10.7 Å². The summed E-state index contributed by atoms with van der Waals surface area (Å²) in [5.41, 5.74) is 6.47. The van der Waals surface area contributed by atoms with Crippen LogP contribution in [-0.4, -0.2) is 33.4 Å². The van der Waals surface area contributed by atoms with Gasteiger partial charge in [-0.15, -0.1) is 0 Å². The number of primary amides is 1. The van der Waals surface area contributed by atoms with Crippen LogP contribution in [0.2, 0.25) is 0 Å². The van der Waals surface area contributed by atoms with Crippen molar-refractivity contribution >= 4 is 16.9 Å². The van der Waals surface area contributed by atoms with Crippen LogP contribution in [0.5, 0.6) is 0 Å². The molecule has 21 heavy (non-hydrogen) atoms. The number of nitrogens with two attached hydrogens (primary N) is 1. The first-order chi connectivity index (χ1) is 10.0. The quantitative estimate of drug-likeness (QED) is 0.905. The predicted octanol–water partition coefficient (Wildman–Crippen LogP) is 1.79. The molecule has 2 heterocycles. The van der Waals surface area contributed by atoms with Crippen molar-refractivity contribution in [2.45, 2.75) is 32.4 Å². The second kappa shape index (κ2) is 5.44. The highest BCUT2D eigenvalue weighted by molar-refractivity contribution is 5.77. The van der Waals surface area contributed by atoms with E-state index in [0.717, 1.165) is 12.8 Å². The summed E-state index contributed by atoms with van der Waals surface area (Å²) in [7, 11) is 0. The summed E-state index contributed by atoms with van der Waals surface area (Å²) in [6, 6.07) is 5.23. The average molecular weight is 290 g/mol. The highest BCUT2D eigenvalue weighted by atomic mass is 19.1. The summed E-state index contributed by atoms with van der Waals surface area (Å²) < 4.78 is 13.7. The van der Waals surface area contributed by atoms with Crippen molar-refractivity contribution in [2.75, 3.05) is 6.54 Å². The number of rotatable bonds is 3. The molecule has 3 rings (SSSR count). The molecule has 1 aliphatic rings. The van der Waals surface area contributed by atoms with Crippen LogP contribution in [0.15, 0.2) is 18.2 Å². The Balaban J connectivity index is 1.80. The third-order valence-electron chi connectivity index (χ3n) is 4.28. The van der Waals surface area contributed by atoms with Gasteiger partial charge >= 0.3 is 0 Å². The van der Waals surface area contributed by atoms with Gasteiger partial charge in [-0.05, 0) is 31.9 Å². The van der Waals surface area contributed by atoms with E-state index in [-0.39, 0.29) is 17.6 Å². The highest BCUT2D eigenvalue weighted by Crippen LogP contribution is 2.24. The van der Waals surface area contributed by atoms with Gasteiger partial charge in [0.05, 0.1) is 18.0 Å². The summed E-state index contributed by atoms with van der Waals surface area (Å²) in [4.78, 5) is 21.0. The number of H-pyrrole nitrogens is 1. The number of aromatic amines is 1. The summed E-state index contributed by atoms with van der Waals surface area (Å²) in [6.07, 6.45) is 1.77. The van der Waals surface area contributed by atoms with Crippen molar-refractivity contribution in [3.63, 3.8) is 0 Å². The number of para-hydroxylation sites is 1. The molecule has 0 bridgehead atoms. The normalized spacial score (nSPS) is 23.5. The first-order valence-corrected chi connectivity index (χ1v) is 7.21. The second-order valence-corrected chi connectivity index (χ2v) is 5.77. The number of likely N-dealkylation sites (tertiary alicyclic amines) is 1. The summed E-state index contributed by atoms with van der Waals surface area (Å²) in [5.74, 6) is 0.0358. The Bertz CT molecular complexity index is 669. The average Bonchev–Trinajstić information content (AvgIpc) is 2.85. The Morgan fingerprint density at radius 1 is 1.52 bits per heavy atom. The van der Waals surface area contributed by atoms with Crippen molar-refractivity contribution in [1.82, 2.24) is 14.9 Å². The lowest BCUT2D eigenvalue weighted by atomic mass is 9.93. The van der Waals surface area contributed by atoms with Gasteiger partial charge in [0.25, 0.3) is 0 Å². The van der Waals surface area contributed by atoms with E-state index in [4.69, 9.17) is 5.73 Å². The van der Waals surface area contributed by atoms with Gasteiger partial charge in [0, 0.05) is 12.6 Å². The van der Waals surface area contributed by atoms with Crippen molar-refractivity contribution in [1.29, 1.82) is 0 Å². The van der Waals surface area contributed by atoms with Crippen LogP contribution in [0.4, 0.5) is 4.39 Å². The minimum absolute atomic E-state index is 0.109. The van der Waals surface area contributed by atoms with Gasteiger partial charge in [0.1, 0.15) is 11.3 Å². The molecule has 2 atom stereocenters. The molecule has 1 fully saturated rings. The molecule has 1 aromatic heterocycles. The number of benzene rings is 1. The van der Waals surface area contributed by atoms with Gasteiger partial charge in [0.2, 0.25) is 5.91 Å². The number of carbonyl (C=O) groups excluding carboxylic acids is 1. The number of halogens is 1. The molecule has 0 spiro atoms. The van der Waals surface area contributed by atoms with E-state index in [9.17, 15) is 9.18 Å². The van der Waals surface area contributed by atoms with Crippen molar-refractivity contribution in [3.8, 4) is 0 Å². The fourth-order valence-electron chi connectivity index (χ4n) is 2.95. The number of piperidine rings is 1. The van der Waals surface area contributed by atoms with E-state index in [1.165, 1.54) is 6.07 Å². The summed E-state index contributed by atoms with van der Waals surface area (Å²) in [6.45, 7) is 3.33. The first-order valence-electron chi connectivity index (χ1n) is 7.21. The molecule has 0 radical (unpaired) electrons. The van der Waals surface area contributed by atoms with Crippen LogP contribution in [-0.2, 0) is 11.3 Å². The fourth-order valence-corrected chi connectivity index (χ4v) is 2.95. The fraction of sp³-hybridized carbons (Fsp3) is 0.467. The van der Waals surface area contributed by atoms with E-state index in [1.54, 1.807) is 12.1 Å². The monoisotopic (exact) mass is 290 g/mol. The van der Waals surface area contributed by atoms with Gasteiger partial charge in [-0.2, -0.15) is 0 Å². The molecule has 1 aromatic carbocycles. The van der Waals surface area contributed by atoms with Crippen LogP contribution in [0.3, 0.4) is 0 Å². The van der Waals surface area contributed by atoms with Crippen LogP contribution in [0, 0.1) is 11.7 Å². The smallest absolute Gasteiger partial charge is 0.221 e.